The number of aromatic nitrogens is 1. The molecule has 7 heteroatoms. The third kappa shape index (κ3) is 2.66. The van der Waals surface area contributed by atoms with Crippen molar-refractivity contribution >= 4 is 17.7 Å². The van der Waals surface area contributed by atoms with Crippen LogP contribution in [0.2, 0.25) is 0 Å². The summed E-state index contributed by atoms with van der Waals surface area (Å²) in [6.07, 6.45) is 0.587. The minimum absolute atomic E-state index is 0.189. The summed E-state index contributed by atoms with van der Waals surface area (Å²) in [6.45, 7) is 0.662. The highest BCUT2D eigenvalue weighted by atomic mass is 16.2. The normalized spacial score (nSPS) is 19.5. The third-order valence-corrected chi connectivity index (χ3v) is 4.87. The van der Waals surface area contributed by atoms with Crippen LogP contribution in [0.3, 0.4) is 0 Å². The van der Waals surface area contributed by atoms with Crippen molar-refractivity contribution in [2.75, 3.05) is 0 Å². The van der Waals surface area contributed by atoms with Crippen molar-refractivity contribution in [1.82, 2.24) is 15.2 Å². The minimum atomic E-state index is -0.621. The fraction of sp³-hybridized carbons (Fsp3) is 0.263. The first-order chi connectivity index (χ1) is 12.6. The highest BCUT2D eigenvalue weighted by Crippen LogP contribution is 2.34. The fourth-order valence-corrected chi connectivity index (χ4v) is 3.57. The number of piperidine rings is 1. The number of nitrogens with one attached hydrogen (secondary N) is 1. The maximum Gasteiger partial charge on any atom is 0.255 e. The highest BCUT2D eigenvalue weighted by Gasteiger charge is 2.39. The lowest BCUT2D eigenvalue weighted by molar-refractivity contribution is -0.136. The molecule has 7 nitrogen and oxygen atoms in total. The molecule has 0 aliphatic carbocycles. The number of hydrogen-bond donors (Lipinski definition) is 2. The molecule has 1 unspecified atom stereocenters. The summed E-state index contributed by atoms with van der Waals surface area (Å²) in [5, 5.41) is 2.32. The lowest BCUT2D eigenvalue weighted by atomic mass is 10.00. The summed E-state index contributed by atoms with van der Waals surface area (Å²) < 4.78 is 0. The van der Waals surface area contributed by atoms with Crippen molar-refractivity contribution in [1.29, 1.82) is 0 Å². The van der Waals surface area contributed by atoms with Gasteiger partial charge in [-0.2, -0.15) is 0 Å². The topological polar surface area (TPSA) is 105 Å². The van der Waals surface area contributed by atoms with E-state index in [9.17, 15) is 14.4 Å². The Morgan fingerprint density at radius 2 is 1.88 bits per heavy atom. The Kier molecular flexibility index (Phi) is 4.00. The zero-order valence-corrected chi connectivity index (χ0v) is 14.1. The van der Waals surface area contributed by atoms with Crippen molar-refractivity contribution in [3.05, 3.63) is 53.2 Å². The van der Waals surface area contributed by atoms with E-state index in [1.807, 2.05) is 30.3 Å². The van der Waals surface area contributed by atoms with Crippen LogP contribution in [0.25, 0.3) is 11.3 Å². The number of carbonyl (C=O) groups is 3. The molecule has 1 fully saturated rings. The molecule has 1 atom stereocenters. The van der Waals surface area contributed by atoms with Crippen LogP contribution >= 0.6 is 0 Å². The molecule has 0 bridgehead atoms. The number of rotatable bonds is 3. The van der Waals surface area contributed by atoms with Crippen molar-refractivity contribution in [2.45, 2.75) is 32.0 Å². The van der Waals surface area contributed by atoms with Crippen LogP contribution < -0.4 is 11.1 Å². The summed E-state index contributed by atoms with van der Waals surface area (Å²) in [4.78, 5) is 42.5. The average Bonchev–Trinajstić information content (AvgIpc) is 2.98. The predicted octanol–water partition coefficient (Wildman–Crippen LogP) is 0.968. The quantitative estimate of drug-likeness (QED) is 0.803. The number of nitrogens with two attached hydrogens (primary N) is 1. The second-order valence-corrected chi connectivity index (χ2v) is 6.45. The Morgan fingerprint density at radius 1 is 1.12 bits per heavy atom. The molecular formula is C19H18N4O3. The Bertz CT molecular complexity index is 925. The van der Waals surface area contributed by atoms with E-state index < -0.39 is 11.9 Å². The van der Waals surface area contributed by atoms with E-state index in [0.717, 1.165) is 22.5 Å². The highest BCUT2D eigenvalue weighted by molar-refractivity contribution is 6.06. The monoisotopic (exact) mass is 350 g/mol. The van der Waals surface area contributed by atoms with Gasteiger partial charge in [-0.3, -0.25) is 24.7 Å². The number of benzene rings is 1. The molecule has 0 radical (unpaired) electrons. The van der Waals surface area contributed by atoms with Crippen molar-refractivity contribution in [3.63, 3.8) is 0 Å². The lowest BCUT2D eigenvalue weighted by Crippen LogP contribution is -2.52. The van der Waals surface area contributed by atoms with E-state index in [1.165, 1.54) is 0 Å². The van der Waals surface area contributed by atoms with E-state index in [-0.39, 0.29) is 18.2 Å². The Hall–Kier alpha value is -3.06. The smallest absolute Gasteiger partial charge is 0.255 e. The number of hydrogen-bond acceptors (Lipinski definition) is 5. The number of carbonyl (C=O) groups excluding carboxylic acids is 3. The first-order valence-corrected chi connectivity index (χ1v) is 8.51. The second kappa shape index (κ2) is 6.34. The van der Waals surface area contributed by atoms with Gasteiger partial charge in [0, 0.05) is 30.6 Å². The molecule has 2 aliphatic rings. The van der Waals surface area contributed by atoms with Crippen molar-refractivity contribution in [3.8, 4) is 11.3 Å². The Balaban J connectivity index is 1.70. The fourth-order valence-electron chi connectivity index (χ4n) is 3.57. The molecule has 3 amide bonds. The first kappa shape index (κ1) is 16.4. The van der Waals surface area contributed by atoms with Crippen LogP contribution in [-0.2, 0) is 22.7 Å². The van der Waals surface area contributed by atoms with Crippen molar-refractivity contribution in [2.24, 2.45) is 5.73 Å². The molecule has 2 aliphatic heterocycles. The number of pyridine rings is 1. The Labute approximate surface area is 150 Å². The average molecular weight is 350 g/mol. The molecule has 0 spiro atoms. The van der Waals surface area contributed by atoms with Gasteiger partial charge in [-0.05, 0) is 30.2 Å². The van der Waals surface area contributed by atoms with Crippen LogP contribution in [0.4, 0.5) is 0 Å². The van der Waals surface area contributed by atoms with Gasteiger partial charge >= 0.3 is 0 Å². The molecule has 26 heavy (non-hydrogen) atoms. The number of imide groups is 1. The zero-order chi connectivity index (χ0) is 18.3. The molecule has 0 saturated carbocycles. The minimum Gasteiger partial charge on any atom is -0.325 e. The summed E-state index contributed by atoms with van der Waals surface area (Å²) in [6, 6.07) is 10.5. The molecule has 3 N–H and O–H groups in total. The van der Waals surface area contributed by atoms with Gasteiger partial charge in [0.05, 0.1) is 11.4 Å². The molecule has 1 saturated heterocycles. The molecule has 3 heterocycles. The van der Waals surface area contributed by atoms with Crippen LogP contribution in [0, 0.1) is 0 Å². The zero-order valence-electron chi connectivity index (χ0n) is 14.1. The van der Waals surface area contributed by atoms with Gasteiger partial charge in [0.2, 0.25) is 11.8 Å². The number of nitrogens with zero attached hydrogens (tertiary/aromatic N) is 2. The van der Waals surface area contributed by atoms with Gasteiger partial charge in [-0.15, -0.1) is 0 Å². The van der Waals surface area contributed by atoms with Crippen LogP contribution in [0.1, 0.15) is 34.5 Å². The molecule has 1 aromatic carbocycles. The van der Waals surface area contributed by atoms with Crippen molar-refractivity contribution < 1.29 is 14.4 Å². The van der Waals surface area contributed by atoms with E-state index >= 15 is 0 Å². The van der Waals surface area contributed by atoms with Gasteiger partial charge in [0.25, 0.3) is 5.91 Å². The summed E-state index contributed by atoms with van der Waals surface area (Å²) in [7, 11) is 0. The van der Waals surface area contributed by atoms with Crippen LogP contribution in [-0.4, -0.2) is 33.6 Å². The lowest BCUT2D eigenvalue weighted by Gasteiger charge is -2.29. The maximum atomic E-state index is 12.9. The summed E-state index contributed by atoms with van der Waals surface area (Å²) >= 11 is 0. The third-order valence-electron chi connectivity index (χ3n) is 4.87. The summed E-state index contributed by atoms with van der Waals surface area (Å²) in [5.41, 5.74) is 9.49. The van der Waals surface area contributed by atoms with Gasteiger partial charge in [0.15, 0.2) is 0 Å². The molecular weight excluding hydrogens is 332 g/mol. The number of amides is 3. The van der Waals surface area contributed by atoms with E-state index in [4.69, 9.17) is 5.73 Å². The van der Waals surface area contributed by atoms with Gasteiger partial charge < -0.3 is 10.6 Å². The van der Waals surface area contributed by atoms with Gasteiger partial charge in [0.1, 0.15) is 6.04 Å². The van der Waals surface area contributed by atoms with E-state index in [0.29, 0.717) is 25.1 Å². The summed E-state index contributed by atoms with van der Waals surface area (Å²) in [5.74, 6) is -0.891. The molecule has 2 aromatic rings. The standard InChI is InChI=1S/C19H18N4O3/c20-9-11-3-1-6-15(21-11)12-4-2-5-13-14(12)10-23(19(13)26)16-7-8-17(24)22-18(16)25/h1-6,16H,7-10,20H2,(H,22,24,25). The van der Waals surface area contributed by atoms with E-state index in [2.05, 4.69) is 10.3 Å². The van der Waals surface area contributed by atoms with Crippen LogP contribution in [0.5, 0.6) is 0 Å². The second-order valence-electron chi connectivity index (χ2n) is 6.45. The van der Waals surface area contributed by atoms with E-state index in [1.54, 1.807) is 11.0 Å². The van der Waals surface area contributed by atoms with Gasteiger partial charge in [-0.1, -0.05) is 18.2 Å². The maximum absolute atomic E-state index is 12.9. The number of fused-ring (bicyclic) bond motifs is 1. The van der Waals surface area contributed by atoms with Gasteiger partial charge in [-0.25, -0.2) is 0 Å². The Morgan fingerprint density at radius 3 is 2.65 bits per heavy atom. The molecule has 4 rings (SSSR count). The predicted molar refractivity (Wildman–Crippen MR) is 93.6 cm³/mol. The molecule has 1 aromatic heterocycles. The largest absolute Gasteiger partial charge is 0.325 e. The molecule has 132 valence electrons. The van der Waals surface area contributed by atoms with Crippen LogP contribution in [0.15, 0.2) is 36.4 Å². The SMILES string of the molecule is NCc1cccc(-c2cccc3c2CN(C2CCC(=O)NC2=O)C3=O)n1. The first-order valence-electron chi connectivity index (χ1n) is 8.51.